The number of carbonyl (C=O) groups excluding carboxylic acids is 1. The van der Waals surface area contributed by atoms with Crippen LogP contribution < -0.4 is 14.8 Å². The fourth-order valence-corrected chi connectivity index (χ4v) is 2.32. The van der Waals surface area contributed by atoms with Gasteiger partial charge in [0, 0.05) is 11.8 Å². The van der Waals surface area contributed by atoms with Crippen molar-refractivity contribution in [3.63, 3.8) is 0 Å². The lowest BCUT2D eigenvalue weighted by molar-refractivity contribution is -0.111. The molecule has 0 heterocycles. The van der Waals surface area contributed by atoms with Gasteiger partial charge in [-0.05, 0) is 42.0 Å². The lowest BCUT2D eigenvalue weighted by atomic mass is 10.2. The molecule has 2 aromatic carbocycles. The molecule has 0 aromatic heterocycles. The highest BCUT2D eigenvalue weighted by Crippen LogP contribution is 2.28. The Bertz CT molecular complexity index is 885. The molecule has 132 valence electrons. The molecule has 26 heavy (non-hydrogen) atoms. The van der Waals surface area contributed by atoms with Gasteiger partial charge >= 0.3 is 0 Å². The van der Waals surface area contributed by atoms with Gasteiger partial charge < -0.3 is 14.8 Å². The fraction of sp³-hybridized carbons (Fsp3) is 0.100. The topological polar surface area (TPSA) is 71.3 Å². The number of anilines is 1. The number of hydrogen-bond acceptors (Lipinski definition) is 4. The van der Waals surface area contributed by atoms with E-state index < -0.39 is 0 Å². The first-order valence-electron chi connectivity index (χ1n) is 7.68. The molecular weight excluding hydrogens is 352 g/mol. The third kappa shape index (κ3) is 5.13. The van der Waals surface area contributed by atoms with E-state index in [9.17, 15) is 4.79 Å². The van der Waals surface area contributed by atoms with E-state index in [2.05, 4.69) is 11.9 Å². The van der Waals surface area contributed by atoms with E-state index in [1.54, 1.807) is 43.5 Å². The zero-order valence-electron chi connectivity index (χ0n) is 14.2. The van der Waals surface area contributed by atoms with Crippen LogP contribution in [-0.2, 0) is 4.79 Å². The molecule has 0 atom stereocenters. The van der Waals surface area contributed by atoms with Crippen molar-refractivity contribution in [1.82, 2.24) is 0 Å². The second-order valence-corrected chi connectivity index (χ2v) is 5.55. The summed E-state index contributed by atoms with van der Waals surface area (Å²) < 4.78 is 10.8. The van der Waals surface area contributed by atoms with Crippen LogP contribution in [-0.4, -0.2) is 19.6 Å². The molecule has 0 aliphatic heterocycles. The van der Waals surface area contributed by atoms with E-state index in [0.29, 0.717) is 29.4 Å². The predicted octanol–water partition coefficient (Wildman–Crippen LogP) is 4.44. The van der Waals surface area contributed by atoms with Crippen molar-refractivity contribution < 1.29 is 14.3 Å². The number of nitriles is 1. The Morgan fingerprint density at radius 1 is 1.31 bits per heavy atom. The number of carbonyl (C=O) groups is 1. The average molecular weight is 369 g/mol. The van der Waals surface area contributed by atoms with Crippen LogP contribution in [0.1, 0.15) is 11.1 Å². The highest BCUT2D eigenvalue weighted by atomic mass is 35.5. The van der Waals surface area contributed by atoms with Gasteiger partial charge in [-0.25, -0.2) is 0 Å². The normalized spacial score (nSPS) is 10.2. The second kappa shape index (κ2) is 9.30. The molecule has 1 amide bonds. The minimum atomic E-state index is -0.322. The molecular formula is C20H17ClN2O3. The Morgan fingerprint density at radius 3 is 2.77 bits per heavy atom. The fourth-order valence-electron chi connectivity index (χ4n) is 2.10. The summed E-state index contributed by atoms with van der Waals surface area (Å²) in [4.78, 5) is 12.0. The van der Waals surface area contributed by atoms with Crippen LogP contribution in [0.2, 0.25) is 5.02 Å². The molecule has 0 saturated heterocycles. The van der Waals surface area contributed by atoms with Crippen LogP contribution in [0.5, 0.6) is 11.5 Å². The van der Waals surface area contributed by atoms with Gasteiger partial charge in [0.25, 0.3) is 0 Å². The van der Waals surface area contributed by atoms with Gasteiger partial charge in [-0.1, -0.05) is 30.3 Å². The number of hydrogen-bond donors (Lipinski definition) is 1. The molecule has 2 aromatic rings. The maximum atomic E-state index is 12.0. The summed E-state index contributed by atoms with van der Waals surface area (Å²) in [5, 5.41) is 11.8. The molecule has 0 aliphatic carbocycles. The van der Waals surface area contributed by atoms with Crippen LogP contribution in [0, 0.1) is 11.3 Å². The Labute approximate surface area is 157 Å². The number of benzene rings is 2. The summed E-state index contributed by atoms with van der Waals surface area (Å²) >= 11 is 5.95. The van der Waals surface area contributed by atoms with Gasteiger partial charge in [0.05, 0.1) is 17.7 Å². The zero-order valence-corrected chi connectivity index (χ0v) is 14.9. The first-order chi connectivity index (χ1) is 12.6. The smallest absolute Gasteiger partial charge is 0.248 e. The minimum Gasteiger partial charge on any atom is -0.493 e. The standard InChI is InChI=1S/C20H17ClN2O3/c1-3-10-26-18-8-4-14(11-19(18)25-2)5-9-20(24)23-16-7-6-15(13-22)17(21)12-16/h3-9,11-12H,1,10H2,2H3,(H,23,24)/b9-5+. The predicted molar refractivity (Wildman–Crippen MR) is 103 cm³/mol. The number of nitrogens with one attached hydrogen (secondary N) is 1. The van der Waals surface area contributed by atoms with Crippen molar-refractivity contribution in [2.75, 3.05) is 19.0 Å². The second-order valence-electron chi connectivity index (χ2n) is 5.14. The number of nitrogens with zero attached hydrogens (tertiary/aromatic N) is 1. The molecule has 0 spiro atoms. The Morgan fingerprint density at radius 2 is 2.12 bits per heavy atom. The van der Waals surface area contributed by atoms with Crippen LogP contribution >= 0.6 is 11.6 Å². The van der Waals surface area contributed by atoms with Crippen LogP contribution in [0.15, 0.2) is 55.1 Å². The lowest BCUT2D eigenvalue weighted by Crippen LogP contribution is -2.07. The average Bonchev–Trinajstić information content (AvgIpc) is 2.65. The summed E-state index contributed by atoms with van der Waals surface area (Å²) in [6.45, 7) is 3.98. The summed E-state index contributed by atoms with van der Waals surface area (Å²) in [7, 11) is 1.55. The van der Waals surface area contributed by atoms with Crippen molar-refractivity contribution in [1.29, 1.82) is 5.26 Å². The number of rotatable bonds is 7. The molecule has 0 unspecified atom stereocenters. The quantitative estimate of drug-likeness (QED) is 0.579. The summed E-state index contributed by atoms with van der Waals surface area (Å²) in [5.41, 5.74) is 1.64. The first-order valence-corrected chi connectivity index (χ1v) is 8.05. The molecule has 0 bridgehead atoms. The van der Waals surface area contributed by atoms with E-state index in [0.717, 1.165) is 5.56 Å². The molecule has 0 saturated carbocycles. The third-order valence-corrected chi connectivity index (χ3v) is 3.64. The lowest BCUT2D eigenvalue weighted by Gasteiger charge is -2.09. The zero-order chi connectivity index (χ0) is 18.9. The first kappa shape index (κ1) is 19.1. The van der Waals surface area contributed by atoms with Gasteiger partial charge in [-0.15, -0.1) is 0 Å². The van der Waals surface area contributed by atoms with E-state index in [-0.39, 0.29) is 10.9 Å². The van der Waals surface area contributed by atoms with Crippen molar-refractivity contribution >= 4 is 29.3 Å². The molecule has 2 rings (SSSR count). The molecule has 0 radical (unpaired) electrons. The van der Waals surface area contributed by atoms with Crippen molar-refractivity contribution in [3.05, 3.63) is 71.3 Å². The highest BCUT2D eigenvalue weighted by Gasteiger charge is 2.05. The number of halogens is 1. The van der Waals surface area contributed by atoms with Gasteiger partial charge in [0.15, 0.2) is 11.5 Å². The molecule has 6 heteroatoms. The van der Waals surface area contributed by atoms with Gasteiger partial charge in [0.1, 0.15) is 12.7 Å². The van der Waals surface area contributed by atoms with E-state index in [1.807, 2.05) is 12.1 Å². The SMILES string of the molecule is C=CCOc1ccc(/C=C/C(=O)Nc2ccc(C#N)c(Cl)c2)cc1OC. The van der Waals surface area contributed by atoms with E-state index >= 15 is 0 Å². The minimum absolute atomic E-state index is 0.286. The Balaban J connectivity index is 2.06. The van der Waals surface area contributed by atoms with Crippen molar-refractivity contribution in [2.45, 2.75) is 0 Å². The molecule has 5 nitrogen and oxygen atoms in total. The molecule has 0 aliphatic rings. The highest BCUT2D eigenvalue weighted by molar-refractivity contribution is 6.32. The van der Waals surface area contributed by atoms with Crippen LogP contribution in [0.4, 0.5) is 5.69 Å². The summed E-state index contributed by atoms with van der Waals surface area (Å²) in [6.07, 6.45) is 4.69. The molecule has 0 fully saturated rings. The Hall–Kier alpha value is -3.23. The van der Waals surface area contributed by atoms with E-state index in [1.165, 1.54) is 12.1 Å². The Kier molecular flexibility index (Phi) is 6.84. The van der Waals surface area contributed by atoms with Crippen LogP contribution in [0.25, 0.3) is 6.08 Å². The maximum absolute atomic E-state index is 12.0. The molecule has 1 N–H and O–H groups in total. The summed E-state index contributed by atoms with van der Waals surface area (Å²) in [5.74, 6) is 0.839. The number of methoxy groups -OCH3 is 1. The largest absolute Gasteiger partial charge is 0.493 e. The monoisotopic (exact) mass is 368 g/mol. The number of ether oxygens (including phenoxy) is 2. The number of amides is 1. The maximum Gasteiger partial charge on any atom is 0.248 e. The van der Waals surface area contributed by atoms with E-state index in [4.69, 9.17) is 26.3 Å². The summed E-state index contributed by atoms with van der Waals surface area (Å²) in [6, 6.07) is 12.0. The van der Waals surface area contributed by atoms with Crippen molar-refractivity contribution in [2.24, 2.45) is 0 Å². The van der Waals surface area contributed by atoms with Crippen molar-refractivity contribution in [3.8, 4) is 17.6 Å². The van der Waals surface area contributed by atoms with Crippen LogP contribution in [0.3, 0.4) is 0 Å². The van der Waals surface area contributed by atoms with Gasteiger partial charge in [-0.3, -0.25) is 4.79 Å². The van der Waals surface area contributed by atoms with Gasteiger partial charge in [0.2, 0.25) is 5.91 Å². The van der Waals surface area contributed by atoms with Gasteiger partial charge in [-0.2, -0.15) is 5.26 Å². The third-order valence-electron chi connectivity index (χ3n) is 3.33.